The Balaban J connectivity index is 1.51. The fourth-order valence-corrected chi connectivity index (χ4v) is 4.66. The standard InChI is InChI=1S/C28H25ClF3N3O4/c29-23-11-10-20(14-22(23)28(30,31)32)34-27(39)35(24-15-21(24)18-4-2-1-3-5-18)16-17-6-8-19(9-7-17)26(38)33-13-12-25(36)37/h1-11,14,21,24H,12-13,15-16H2,(H,33,38)(H,34,39)(H,36,37)/p+1/t21-,24?/m0/s1. The molecule has 204 valence electrons. The summed E-state index contributed by atoms with van der Waals surface area (Å²) in [6.45, 7) is 0.234. The first-order valence-corrected chi connectivity index (χ1v) is 12.6. The molecule has 3 aromatic rings. The van der Waals surface area contributed by atoms with Crippen molar-refractivity contribution in [1.82, 2.24) is 5.32 Å². The fourth-order valence-electron chi connectivity index (χ4n) is 4.44. The van der Waals surface area contributed by atoms with Crippen molar-refractivity contribution in [2.45, 2.75) is 37.5 Å². The molecule has 0 aliphatic heterocycles. The van der Waals surface area contributed by atoms with E-state index >= 15 is 0 Å². The highest BCUT2D eigenvalue weighted by Gasteiger charge is 2.49. The van der Waals surface area contributed by atoms with Crippen molar-refractivity contribution in [2.24, 2.45) is 0 Å². The second kappa shape index (κ2) is 11.9. The highest BCUT2D eigenvalue weighted by Crippen LogP contribution is 2.39. The average Bonchev–Trinajstić information content (AvgIpc) is 3.69. The van der Waals surface area contributed by atoms with Crippen LogP contribution in [0.3, 0.4) is 0 Å². The molecule has 0 bridgehead atoms. The van der Waals surface area contributed by atoms with E-state index in [4.69, 9.17) is 16.7 Å². The Morgan fingerprint density at radius 2 is 1.69 bits per heavy atom. The molecule has 0 heterocycles. The van der Waals surface area contributed by atoms with Crippen LogP contribution in [0.25, 0.3) is 0 Å². The molecule has 7 nitrogen and oxygen atoms in total. The number of anilines is 1. The Kier molecular flexibility index (Phi) is 8.57. The zero-order valence-electron chi connectivity index (χ0n) is 20.6. The van der Waals surface area contributed by atoms with Crippen LogP contribution in [0.5, 0.6) is 0 Å². The average molecular weight is 561 g/mol. The van der Waals surface area contributed by atoms with Crippen LogP contribution in [0.1, 0.15) is 45.8 Å². The van der Waals surface area contributed by atoms with Gasteiger partial charge < -0.3 is 10.4 Å². The fraction of sp³-hybridized carbons (Fsp3) is 0.250. The number of aliphatic carboxylic acids is 1. The normalized spacial score (nSPS) is 17.2. The van der Waals surface area contributed by atoms with Gasteiger partial charge in [-0.1, -0.05) is 54.1 Å². The monoisotopic (exact) mass is 560 g/mol. The number of amides is 3. The van der Waals surface area contributed by atoms with Crippen LogP contribution >= 0.6 is 11.6 Å². The Hall–Kier alpha value is -3.89. The summed E-state index contributed by atoms with van der Waals surface area (Å²) in [7, 11) is 0. The van der Waals surface area contributed by atoms with Crippen LogP contribution in [0.4, 0.5) is 23.7 Å². The first-order valence-electron chi connectivity index (χ1n) is 12.2. The third kappa shape index (κ3) is 7.36. The van der Waals surface area contributed by atoms with Crippen molar-refractivity contribution in [1.29, 1.82) is 0 Å². The van der Waals surface area contributed by atoms with Gasteiger partial charge in [-0.2, -0.15) is 13.2 Å². The van der Waals surface area contributed by atoms with Crippen LogP contribution in [0, 0.1) is 0 Å². The van der Waals surface area contributed by atoms with E-state index in [2.05, 4.69) is 10.6 Å². The van der Waals surface area contributed by atoms with Crippen molar-refractivity contribution in [2.75, 3.05) is 11.9 Å². The summed E-state index contributed by atoms with van der Waals surface area (Å²) < 4.78 is 40.0. The lowest BCUT2D eigenvalue weighted by Crippen LogP contribution is -3.15. The van der Waals surface area contributed by atoms with Gasteiger partial charge in [-0.25, -0.2) is 9.69 Å². The van der Waals surface area contributed by atoms with Crippen LogP contribution in [-0.4, -0.2) is 35.6 Å². The van der Waals surface area contributed by atoms with Gasteiger partial charge in [-0.05, 0) is 35.9 Å². The number of hydrogen-bond acceptors (Lipinski definition) is 3. The number of carboxylic acid groups (broad SMARTS) is 1. The second-order valence-electron chi connectivity index (χ2n) is 9.30. The molecule has 3 amide bonds. The van der Waals surface area contributed by atoms with Crippen molar-refractivity contribution < 1.29 is 37.6 Å². The molecule has 11 heteroatoms. The Bertz CT molecular complexity index is 1350. The third-order valence-electron chi connectivity index (χ3n) is 6.52. The lowest BCUT2D eigenvalue weighted by molar-refractivity contribution is -0.840. The molecular formula is C28H26ClF3N3O4+. The summed E-state index contributed by atoms with van der Waals surface area (Å²) in [4.78, 5) is 36.8. The lowest BCUT2D eigenvalue weighted by Gasteiger charge is -2.19. The molecule has 3 atom stereocenters. The Morgan fingerprint density at radius 3 is 2.33 bits per heavy atom. The SMILES string of the molecule is O=C(O)CCNC(=O)c1ccc(C[NH+](C(=O)Nc2ccc(Cl)c(C(F)(F)F)c2)C2C[C@H]2c2ccccc2)cc1. The van der Waals surface area contributed by atoms with Crippen molar-refractivity contribution >= 4 is 35.2 Å². The number of carbonyl (C=O) groups excluding carboxylic acids is 2. The number of carbonyl (C=O) groups is 3. The number of alkyl halides is 3. The van der Waals surface area contributed by atoms with Gasteiger partial charge in [0, 0.05) is 35.7 Å². The topological polar surface area (TPSA) is 99.9 Å². The van der Waals surface area contributed by atoms with Gasteiger partial charge in [0.15, 0.2) is 0 Å². The van der Waals surface area contributed by atoms with Gasteiger partial charge >= 0.3 is 18.2 Å². The number of urea groups is 1. The maximum absolute atomic E-state index is 13.4. The smallest absolute Gasteiger partial charge is 0.419 e. The van der Waals surface area contributed by atoms with Crippen LogP contribution in [-0.2, 0) is 17.5 Å². The lowest BCUT2D eigenvalue weighted by atomic mass is 10.1. The molecule has 39 heavy (non-hydrogen) atoms. The molecule has 0 aromatic heterocycles. The number of hydrogen-bond donors (Lipinski definition) is 4. The summed E-state index contributed by atoms with van der Waals surface area (Å²) in [6.07, 6.45) is -4.13. The van der Waals surface area contributed by atoms with Crippen LogP contribution in [0.15, 0.2) is 72.8 Å². The maximum Gasteiger partial charge on any atom is 0.419 e. The van der Waals surface area contributed by atoms with E-state index in [1.807, 2.05) is 30.3 Å². The predicted molar refractivity (Wildman–Crippen MR) is 139 cm³/mol. The van der Waals surface area contributed by atoms with E-state index in [-0.39, 0.29) is 37.2 Å². The van der Waals surface area contributed by atoms with E-state index in [9.17, 15) is 27.6 Å². The number of halogens is 4. The minimum absolute atomic E-state index is 0.00266. The number of benzene rings is 3. The summed E-state index contributed by atoms with van der Waals surface area (Å²) in [5.74, 6) is -1.32. The molecule has 0 spiro atoms. The van der Waals surface area contributed by atoms with E-state index in [1.54, 1.807) is 24.3 Å². The Morgan fingerprint density at radius 1 is 1.00 bits per heavy atom. The van der Waals surface area contributed by atoms with Gasteiger partial charge in [0.1, 0.15) is 12.6 Å². The second-order valence-corrected chi connectivity index (χ2v) is 9.71. The molecule has 0 radical (unpaired) electrons. The first kappa shape index (κ1) is 28.1. The predicted octanol–water partition coefficient (Wildman–Crippen LogP) is 4.74. The van der Waals surface area contributed by atoms with E-state index < -0.39 is 34.7 Å². The van der Waals surface area contributed by atoms with Crippen molar-refractivity contribution in [3.05, 3.63) is 100 Å². The van der Waals surface area contributed by atoms with Gasteiger partial charge in [0.25, 0.3) is 5.91 Å². The minimum Gasteiger partial charge on any atom is -0.481 e. The van der Waals surface area contributed by atoms with Crippen LogP contribution in [0.2, 0.25) is 5.02 Å². The molecule has 0 saturated heterocycles. The van der Waals surface area contributed by atoms with Crippen LogP contribution < -0.4 is 15.5 Å². The summed E-state index contributed by atoms with van der Waals surface area (Å²) in [5, 5.41) is 13.4. The first-order chi connectivity index (χ1) is 18.5. The quantitative estimate of drug-likeness (QED) is 0.304. The molecule has 1 saturated carbocycles. The maximum atomic E-state index is 13.4. The van der Waals surface area contributed by atoms with Gasteiger partial charge in [0.2, 0.25) is 0 Å². The number of quaternary nitrogens is 1. The largest absolute Gasteiger partial charge is 0.481 e. The van der Waals surface area contributed by atoms with Crippen molar-refractivity contribution in [3.8, 4) is 0 Å². The van der Waals surface area contributed by atoms with Crippen molar-refractivity contribution in [3.63, 3.8) is 0 Å². The third-order valence-corrected chi connectivity index (χ3v) is 6.85. The van der Waals surface area contributed by atoms with E-state index in [0.717, 1.165) is 29.7 Å². The summed E-state index contributed by atoms with van der Waals surface area (Å²) in [5.41, 5.74) is 1.11. The zero-order chi connectivity index (χ0) is 28.2. The molecule has 4 N–H and O–H groups in total. The van der Waals surface area contributed by atoms with E-state index in [1.165, 1.54) is 6.07 Å². The van der Waals surface area contributed by atoms with Gasteiger partial charge in [0.05, 0.1) is 17.0 Å². The highest BCUT2D eigenvalue weighted by atomic mass is 35.5. The summed E-state index contributed by atoms with van der Waals surface area (Å²) in [6, 6.07) is 18.9. The molecule has 1 fully saturated rings. The van der Waals surface area contributed by atoms with E-state index in [0.29, 0.717) is 10.5 Å². The van der Waals surface area contributed by atoms with Gasteiger partial charge in [-0.3, -0.25) is 14.9 Å². The van der Waals surface area contributed by atoms with Gasteiger partial charge in [-0.15, -0.1) is 0 Å². The highest BCUT2D eigenvalue weighted by molar-refractivity contribution is 6.31. The molecule has 2 unspecified atom stereocenters. The molecule has 1 aliphatic rings. The molecule has 4 rings (SSSR count). The Labute approximate surface area is 227 Å². The zero-order valence-corrected chi connectivity index (χ0v) is 21.4. The molecule has 1 aliphatic carbocycles. The number of nitrogens with one attached hydrogen (secondary N) is 3. The minimum atomic E-state index is -4.67. The molecule has 3 aromatic carbocycles. The molecular weight excluding hydrogens is 535 g/mol. The number of carboxylic acids is 1. The summed E-state index contributed by atoms with van der Waals surface area (Å²) >= 11 is 5.72. The number of rotatable bonds is 9.